The van der Waals surface area contributed by atoms with Gasteiger partial charge in [-0.25, -0.2) is 0 Å². The summed E-state index contributed by atoms with van der Waals surface area (Å²) >= 11 is 0. The molecule has 0 amide bonds. The number of hydrogen-bond acceptors (Lipinski definition) is 2. The predicted octanol–water partition coefficient (Wildman–Crippen LogP) is 1.46. The summed E-state index contributed by atoms with van der Waals surface area (Å²) in [6, 6.07) is 0.877. The fourth-order valence-corrected chi connectivity index (χ4v) is 1.56. The lowest BCUT2D eigenvalue weighted by atomic mass is 10.1. The highest BCUT2D eigenvalue weighted by atomic mass is 15.2. The van der Waals surface area contributed by atoms with Crippen molar-refractivity contribution in [3.63, 3.8) is 0 Å². The molecule has 0 aromatic rings. The van der Waals surface area contributed by atoms with Gasteiger partial charge in [-0.3, -0.25) is 4.90 Å². The minimum atomic E-state index is 0.812. The summed E-state index contributed by atoms with van der Waals surface area (Å²) in [5.74, 6) is 0.831. The fourth-order valence-electron chi connectivity index (χ4n) is 1.56. The van der Waals surface area contributed by atoms with Crippen molar-refractivity contribution in [1.29, 1.82) is 0 Å². The van der Waals surface area contributed by atoms with Crippen LogP contribution >= 0.6 is 0 Å². The Bertz CT molecular complexity index is 121. The van der Waals surface area contributed by atoms with Gasteiger partial charge >= 0.3 is 0 Å². The van der Waals surface area contributed by atoms with Gasteiger partial charge in [0.1, 0.15) is 0 Å². The molecule has 1 rings (SSSR count). The average Bonchev–Trinajstić information content (AvgIpc) is 2.86. The molecular weight excluding hydrogens is 148 g/mol. The van der Waals surface area contributed by atoms with Crippen molar-refractivity contribution in [2.45, 2.75) is 39.2 Å². The van der Waals surface area contributed by atoms with E-state index >= 15 is 0 Å². The van der Waals surface area contributed by atoms with Crippen LogP contribution in [0.2, 0.25) is 0 Å². The summed E-state index contributed by atoms with van der Waals surface area (Å²) in [5, 5.41) is 0. The van der Waals surface area contributed by atoms with Crippen LogP contribution in [0.4, 0.5) is 0 Å². The molecule has 2 nitrogen and oxygen atoms in total. The quantitative estimate of drug-likeness (QED) is 0.654. The van der Waals surface area contributed by atoms with E-state index in [4.69, 9.17) is 5.73 Å². The first-order valence-corrected chi connectivity index (χ1v) is 5.22. The molecule has 0 spiro atoms. The van der Waals surface area contributed by atoms with Crippen LogP contribution in [0.15, 0.2) is 0 Å². The molecule has 1 saturated carbocycles. The zero-order valence-electron chi connectivity index (χ0n) is 8.42. The van der Waals surface area contributed by atoms with Crippen LogP contribution in [0.1, 0.15) is 33.1 Å². The van der Waals surface area contributed by atoms with E-state index in [1.807, 2.05) is 0 Å². The normalized spacial score (nSPS) is 20.0. The third kappa shape index (κ3) is 3.11. The van der Waals surface area contributed by atoms with Gasteiger partial charge in [0.05, 0.1) is 0 Å². The largest absolute Gasteiger partial charge is 0.329 e. The molecule has 0 radical (unpaired) electrons. The molecule has 72 valence electrons. The number of nitrogens with zero attached hydrogens (tertiary/aromatic N) is 1. The van der Waals surface area contributed by atoms with Crippen LogP contribution in [0.5, 0.6) is 0 Å². The molecule has 1 fully saturated rings. The summed E-state index contributed by atoms with van der Waals surface area (Å²) in [7, 11) is 0. The summed E-state index contributed by atoms with van der Waals surface area (Å²) in [6.07, 6.45) is 4.08. The van der Waals surface area contributed by atoms with Gasteiger partial charge in [-0.1, -0.05) is 20.3 Å². The van der Waals surface area contributed by atoms with Gasteiger partial charge in [-0.2, -0.15) is 0 Å². The highest BCUT2D eigenvalue weighted by Crippen LogP contribution is 2.27. The maximum absolute atomic E-state index is 5.57. The summed E-state index contributed by atoms with van der Waals surface area (Å²) < 4.78 is 0. The molecule has 12 heavy (non-hydrogen) atoms. The Morgan fingerprint density at radius 1 is 1.50 bits per heavy atom. The van der Waals surface area contributed by atoms with Crippen LogP contribution < -0.4 is 5.73 Å². The topological polar surface area (TPSA) is 29.3 Å². The van der Waals surface area contributed by atoms with Gasteiger partial charge in [0.15, 0.2) is 0 Å². The molecule has 2 heteroatoms. The second kappa shape index (κ2) is 4.83. The maximum Gasteiger partial charge on any atom is 0.0108 e. The van der Waals surface area contributed by atoms with Gasteiger partial charge in [0.25, 0.3) is 0 Å². The fraction of sp³-hybridized carbons (Fsp3) is 1.00. The second-order valence-corrected chi connectivity index (χ2v) is 4.03. The van der Waals surface area contributed by atoms with Crippen molar-refractivity contribution in [3.05, 3.63) is 0 Å². The van der Waals surface area contributed by atoms with Crippen molar-refractivity contribution in [1.82, 2.24) is 4.90 Å². The molecule has 2 N–H and O–H groups in total. The van der Waals surface area contributed by atoms with Crippen molar-refractivity contribution in [2.75, 3.05) is 19.6 Å². The molecule has 0 aliphatic heterocycles. The highest BCUT2D eigenvalue weighted by molar-refractivity contribution is 4.85. The Kier molecular flexibility index (Phi) is 4.02. The summed E-state index contributed by atoms with van der Waals surface area (Å²) in [4.78, 5) is 2.56. The summed E-state index contributed by atoms with van der Waals surface area (Å²) in [5.41, 5.74) is 5.57. The standard InChI is InChI=1S/C10H22N2/c1-3-9(2)8-12(7-6-11)10-4-5-10/h9-10H,3-8,11H2,1-2H3. The van der Waals surface area contributed by atoms with Gasteiger partial charge in [0.2, 0.25) is 0 Å². The number of hydrogen-bond donors (Lipinski definition) is 1. The lowest BCUT2D eigenvalue weighted by molar-refractivity contribution is 0.231. The molecule has 1 aliphatic rings. The zero-order valence-corrected chi connectivity index (χ0v) is 8.42. The van der Waals surface area contributed by atoms with E-state index in [0.29, 0.717) is 0 Å². The van der Waals surface area contributed by atoms with E-state index in [1.165, 1.54) is 25.8 Å². The van der Waals surface area contributed by atoms with Crippen LogP contribution in [0.25, 0.3) is 0 Å². The Morgan fingerprint density at radius 2 is 2.17 bits per heavy atom. The minimum Gasteiger partial charge on any atom is -0.329 e. The van der Waals surface area contributed by atoms with Gasteiger partial charge in [0, 0.05) is 25.7 Å². The molecule has 0 bridgehead atoms. The van der Waals surface area contributed by atoms with Crippen LogP contribution in [0, 0.1) is 5.92 Å². The Morgan fingerprint density at radius 3 is 2.58 bits per heavy atom. The molecule has 1 unspecified atom stereocenters. The van der Waals surface area contributed by atoms with E-state index in [2.05, 4.69) is 18.7 Å². The second-order valence-electron chi connectivity index (χ2n) is 4.03. The Balaban J connectivity index is 2.22. The average molecular weight is 170 g/mol. The Labute approximate surface area is 76.1 Å². The summed E-state index contributed by atoms with van der Waals surface area (Å²) in [6.45, 7) is 7.74. The predicted molar refractivity (Wildman–Crippen MR) is 53.1 cm³/mol. The number of nitrogens with two attached hydrogens (primary N) is 1. The van der Waals surface area contributed by atoms with Crippen molar-refractivity contribution in [3.8, 4) is 0 Å². The SMILES string of the molecule is CCC(C)CN(CCN)C1CC1. The molecule has 0 saturated heterocycles. The van der Waals surface area contributed by atoms with E-state index in [9.17, 15) is 0 Å². The minimum absolute atomic E-state index is 0.812. The lowest BCUT2D eigenvalue weighted by Gasteiger charge is -2.24. The van der Waals surface area contributed by atoms with Gasteiger partial charge < -0.3 is 5.73 Å². The van der Waals surface area contributed by atoms with Crippen molar-refractivity contribution >= 4 is 0 Å². The number of rotatable bonds is 6. The zero-order chi connectivity index (χ0) is 8.97. The lowest BCUT2D eigenvalue weighted by Crippen LogP contribution is -2.34. The van der Waals surface area contributed by atoms with Crippen molar-refractivity contribution in [2.24, 2.45) is 11.7 Å². The smallest absolute Gasteiger partial charge is 0.0108 e. The highest BCUT2D eigenvalue weighted by Gasteiger charge is 2.28. The molecule has 0 heterocycles. The maximum atomic E-state index is 5.57. The van der Waals surface area contributed by atoms with Crippen LogP contribution in [-0.2, 0) is 0 Å². The van der Waals surface area contributed by atoms with E-state index in [0.717, 1.165) is 25.0 Å². The van der Waals surface area contributed by atoms with E-state index in [-0.39, 0.29) is 0 Å². The molecule has 0 aromatic heterocycles. The van der Waals surface area contributed by atoms with Gasteiger partial charge in [-0.05, 0) is 18.8 Å². The first kappa shape index (κ1) is 10.0. The van der Waals surface area contributed by atoms with Crippen molar-refractivity contribution < 1.29 is 0 Å². The van der Waals surface area contributed by atoms with Gasteiger partial charge in [-0.15, -0.1) is 0 Å². The molecular formula is C10H22N2. The molecule has 0 aromatic carbocycles. The van der Waals surface area contributed by atoms with E-state index < -0.39 is 0 Å². The monoisotopic (exact) mass is 170 g/mol. The van der Waals surface area contributed by atoms with Crippen LogP contribution in [0.3, 0.4) is 0 Å². The molecule has 1 atom stereocenters. The first-order valence-electron chi connectivity index (χ1n) is 5.22. The molecule has 1 aliphatic carbocycles. The van der Waals surface area contributed by atoms with E-state index in [1.54, 1.807) is 0 Å². The third-order valence-corrected chi connectivity index (χ3v) is 2.72. The van der Waals surface area contributed by atoms with Crippen LogP contribution in [-0.4, -0.2) is 30.6 Å². The third-order valence-electron chi connectivity index (χ3n) is 2.72. The Hall–Kier alpha value is -0.0800. The first-order chi connectivity index (χ1) is 5.77.